The fourth-order valence-corrected chi connectivity index (χ4v) is 1.75. The molecule has 0 aliphatic carbocycles. The number of non-ortho nitro benzene ring substituents is 1. The van der Waals surface area contributed by atoms with Crippen molar-refractivity contribution in [1.82, 2.24) is 10.3 Å². The molecule has 2 aromatic rings. The van der Waals surface area contributed by atoms with Gasteiger partial charge in [-0.25, -0.2) is 4.98 Å². The van der Waals surface area contributed by atoms with E-state index in [1.54, 1.807) is 18.3 Å². The van der Waals surface area contributed by atoms with Crippen LogP contribution in [0.3, 0.4) is 0 Å². The van der Waals surface area contributed by atoms with E-state index in [1.807, 2.05) is 6.92 Å². The number of nitrogens with one attached hydrogen (secondary N) is 2. The monoisotopic (exact) mass is 314 g/mol. The molecule has 1 aromatic heterocycles. The highest BCUT2D eigenvalue weighted by molar-refractivity contribution is 5.99. The molecule has 0 bridgehead atoms. The Morgan fingerprint density at radius 3 is 2.70 bits per heavy atom. The van der Waals surface area contributed by atoms with Crippen LogP contribution >= 0.6 is 0 Å². The summed E-state index contributed by atoms with van der Waals surface area (Å²) in [6.45, 7) is 1.61. The molecule has 8 heteroatoms. The molecule has 0 atom stereocenters. The maximum atomic E-state index is 11.9. The third-order valence-electron chi connectivity index (χ3n) is 2.91. The summed E-state index contributed by atoms with van der Waals surface area (Å²) in [4.78, 5) is 37.7. The SMILES string of the molecule is Cc1ccc(NC(=O)CNC(=O)c2cccc([N+](=O)[O-])c2)nc1. The van der Waals surface area contributed by atoms with Crippen LogP contribution < -0.4 is 10.6 Å². The predicted octanol–water partition coefficient (Wildman–Crippen LogP) is 1.67. The van der Waals surface area contributed by atoms with Crippen LogP contribution in [-0.4, -0.2) is 28.3 Å². The van der Waals surface area contributed by atoms with Crippen molar-refractivity contribution in [2.75, 3.05) is 11.9 Å². The number of hydrogen-bond donors (Lipinski definition) is 2. The van der Waals surface area contributed by atoms with Gasteiger partial charge in [-0.05, 0) is 24.6 Å². The number of aryl methyl sites for hydroxylation is 1. The van der Waals surface area contributed by atoms with Crippen molar-refractivity contribution in [3.8, 4) is 0 Å². The highest BCUT2D eigenvalue weighted by Gasteiger charge is 2.12. The zero-order valence-corrected chi connectivity index (χ0v) is 12.3. The Morgan fingerprint density at radius 2 is 2.04 bits per heavy atom. The van der Waals surface area contributed by atoms with Crippen molar-refractivity contribution in [2.24, 2.45) is 0 Å². The van der Waals surface area contributed by atoms with E-state index in [9.17, 15) is 19.7 Å². The van der Waals surface area contributed by atoms with Crippen molar-refractivity contribution in [3.05, 3.63) is 63.8 Å². The molecule has 0 aliphatic rings. The second-order valence-corrected chi connectivity index (χ2v) is 4.76. The van der Waals surface area contributed by atoms with Gasteiger partial charge in [-0.15, -0.1) is 0 Å². The molecule has 0 fully saturated rings. The number of carbonyl (C=O) groups is 2. The van der Waals surface area contributed by atoms with Crippen LogP contribution in [0.1, 0.15) is 15.9 Å². The number of benzene rings is 1. The lowest BCUT2D eigenvalue weighted by atomic mass is 10.2. The van der Waals surface area contributed by atoms with Gasteiger partial charge in [-0.2, -0.15) is 0 Å². The quantitative estimate of drug-likeness (QED) is 0.643. The minimum absolute atomic E-state index is 0.112. The van der Waals surface area contributed by atoms with Gasteiger partial charge >= 0.3 is 0 Å². The molecular formula is C15H14N4O4. The van der Waals surface area contributed by atoms with E-state index in [0.717, 1.165) is 11.6 Å². The third-order valence-corrected chi connectivity index (χ3v) is 2.91. The van der Waals surface area contributed by atoms with Crippen LogP contribution in [0, 0.1) is 17.0 Å². The van der Waals surface area contributed by atoms with Crippen LogP contribution in [0.5, 0.6) is 0 Å². The number of anilines is 1. The zero-order valence-electron chi connectivity index (χ0n) is 12.3. The first kappa shape index (κ1) is 16.1. The van der Waals surface area contributed by atoms with Gasteiger partial charge in [0.05, 0.1) is 11.5 Å². The summed E-state index contributed by atoms with van der Waals surface area (Å²) >= 11 is 0. The zero-order chi connectivity index (χ0) is 16.8. The summed E-state index contributed by atoms with van der Waals surface area (Å²) in [6.07, 6.45) is 1.61. The van der Waals surface area contributed by atoms with Crippen LogP contribution in [0.15, 0.2) is 42.6 Å². The summed E-state index contributed by atoms with van der Waals surface area (Å²) in [5, 5.41) is 15.6. The van der Waals surface area contributed by atoms with Gasteiger partial charge in [-0.3, -0.25) is 19.7 Å². The summed E-state index contributed by atoms with van der Waals surface area (Å²) in [5.74, 6) is -0.633. The molecule has 2 amide bonds. The van der Waals surface area contributed by atoms with Crippen molar-refractivity contribution < 1.29 is 14.5 Å². The minimum atomic E-state index is -0.591. The highest BCUT2D eigenvalue weighted by atomic mass is 16.6. The van der Waals surface area contributed by atoms with E-state index in [-0.39, 0.29) is 17.8 Å². The molecule has 23 heavy (non-hydrogen) atoms. The number of hydrogen-bond acceptors (Lipinski definition) is 5. The van der Waals surface area contributed by atoms with E-state index >= 15 is 0 Å². The van der Waals surface area contributed by atoms with Gasteiger partial charge in [0.1, 0.15) is 5.82 Å². The lowest BCUT2D eigenvalue weighted by Gasteiger charge is -2.06. The number of nitro groups is 1. The molecule has 8 nitrogen and oxygen atoms in total. The number of rotatable bonds is 5. The fourth-order valence-electron chi connectivity index (χ4n) is 1.75. The van der Waals surface area contributed by atoms with Crippen molar-refractivity contribution >= 4 is 23.3 Å². The first-order chi connectivity index (χ1) is 11.0. The molecule has 0 unspecified atom stereocenters. The fraction of sp³-hybridized carbons (Fsp3) is 0.133. The summed E-state index contributed by atoms with van der Waals surface area (Å²) < 4.78 is 0. The molecule has 0 saturated heterocycles. The lowest BCUT2D eigenvalue weighted by molar-refractivity contribution is -0.384. The smallest absolute Gasteiger partial charge is 0.270 e. The Balaban J connectivity index is 1.91. The molecule has 2 N–H and O–H groups in total. The van der Waals surface area contributed by atoms with Crippen molar-refractivity contribution in [2.45, 2.75) is 6.92 Å². The number of aromatic nitrogens is 1. The maximum absolute atomic E-state index is 11.9. The predicted molar refractivity (Wildman–Crippen MR) is 83.0 cm³/mol. The molecule has 2 rings (SSSR count). The summed E-state index contributed by atoms with van der Waals surface area (Å²) in [7, 11) is 0. The Hall–Kier alpha value is -3.29. The first-order valence-corrected chi connectivity index (χ1v) is 6.71. The number of carbonyl (C=O) groups excluding carboxylic acids is 2. The maximum Gasteiger partial charge on any atom is 0.270 e. The van der Waals surface area contributed by atoms with Gasteiger partial charge in [0.25, 0.3) is 11.6 Å². The summed E-state index contributed by atoms with van der Waals surface area (Å²) in [6, 6.07) is 8.71. The average molecular weight is 314 g/mol. The van der Waals surface area contributed by atoms with Gasteiger partial charge in [0.15, 0.2) is 0 Å². The second-order valence-electron chi connectivity index (χ2n) is 4.76. The molecule has 1 aromatic carbocycles. The first-order valence-electron chi connectivity index (χ1n) is 6.71. The Morgan fingerprint density at radius 1 is 1.26 bits per heavy atom. The topological polar surface area (TPSA) is 114 Å². The standard InChI is InChI=1S/C15H14N4O4/c1-10-5-6-13(16-8-10)18-14(20)9-17-15(21)11-3-2-4-12(7-11)19(22)23/h2-8H,9H2,1H3,(H,17,21)(H,16,18,20). The van der Waals surface area contributed by atoms with E-state index in [4.69, 9.17) is 0 Å². The molecule has 118 valence electrons. The van der Waals surface area contributed by atoms with Gasteiger partial charge in [0, 0.05) is 23.9 Å². The summed E-state index contributed by atoms with van der Waals surface area (Å²) in [5.41, 5.74) is 0.883. The molecule has 0 spiro atoms. The Labute approximate surface area is 131 Å². The molecule has 0 radical (unpaired) electrons. The van der Waals surface area contributed by atoms with Crippen molar-refractivity contribution in [3.63, 3.8) is 0 Å². The number of nitrogens with zero attached hydrogens (tertiary/aromatic N) is 2. The Kier molecular flexibility index (Phi) is 4.98. The highest BCUT2D eigenvalue weighted by Crippen LogP contribution is 2.12. The van der Waals surface area contributed by atoms with Crippen LogP contribution in [0.25, 0.3) is 0 Å². The van der Waals surface area contributed by atoms with Crippen LogP contribution in [0.4, 0.5) is 11.5 Å². The van der Waals surface area contributed by atoms with Gasteiger partial charge in [-0.1, -0.05) is 12.1 Å². The van der Waals surface area contributed by atoms with E-state index in [2.05, 4.69) is 15.6 Å². The van der Waals surface area contributed by atoms with Crippen molar-refractivity contribution in [1.29, 1.82) is 0 Å². The molecule has 0 saturated carbocycles. The van der Waals surface area contributed by atoms with E-state index < -0.39 is 16.7 Å². The molecular weight excluding hydrogens is 300 g/mol. The molecule has 0 aliphatic heterocycles. The lowest BCUT2D eigenvalue weighted by Crippen LogP contribution is -2.33. The Bertz CT molecular complexity index is 743. The number of pyridine rings is 1. The number of amides is 2. The second kappa shape index (κ2) is 7.12. The average Bonchev–Trinajstić information content (AvgIpc) is 2.55. The van der Waals surface area contributed by atoms with Crippen LogP contribution in [0.2, 0.25) is 0 Å². The van der Waals surface area contributed by atoms with Crippen LogP contribution in [-0.2, 0) is 4.79 Å². The van der Waals surface area contributed by atoms with E-state index in [0.29, 0.717) is 5.82 Å². The minimum Gasteiger partial charge on any atom is -0.343 e. The number of nitro benzene ring substituents is 1. The largest absolute Gasteiger partial charge is 0.343 e. The van der Waals surface area contributed by atoms with E-state index in [1.165, 1.54) is 18.2 Å². The normalized spacial score (nSPS) is 9.96. The molecule has 1 heterocycles. The van der Waals surface area contributed by atoms with Gasteiger partial charge in [0.2, 0.25) is 5.91 Å². The van der Waals surface area contributed by atoms with Gasteiger partial charge < -0.3 is 10.6 Å². The third kappa shape index (κ3) is 4.60.